The average molecular weight is 240 g/mol. The molecular weight excluding hydrogens is 208 g/mol. The monoisotopic (exact) mass is 240 g/mol. The zero-order chi connectivity index (χ0) is 12.9. The maximum atomic E-state index is 8.65. The third-order valence-corrected chi connectivity index (χ3v) is 3.22. The van der Waals surface area contributed by atoms with Gasteiger partial charge in [0.1, 0.15) is 0 Å². The van der Waals surface area contributed by atoms with Crippen molar-refractivity contribution in [2.75, 3.05) is 6.61 Å². The Morgan fingerprint density at radius 3 is 2.18 bits per heavy atom. The van der Waals surface area contributed by atoms with E-state index in [2.05, 4.69) is 26.8 Å². The summed E-state index contributed by atoms with van der Waals surface area (Å²) in [6, 6.07) is 0. The van der Waals surface area contributed by atoms with Crippen molar-refractivity contribution in [1.82, 2.24) is 0 Å². The van der Waals surface area contributed by atoms with Crippen LogP contribution in [0.1, 0.15) is 78.6 Å². The summed E-state index contributed by atoms with van der Waals surface area (Å²) < 4.78 is 0. The molecule has 0 saturated carbocycles. The van der Waals surface area contributed by atoms with Crippen molar-refractivity contribution in [3.05, 3.63) is 11.6 Å². The van der Waals surface area contributed by atoms with Crippen LogP contribution < -0.4 is 0 Å². The van der Waals surface area contributed by atoms with E-state index in [-0.39, 0.29) is 0 Å². The molecule has 0 heterocycles. The topological polar surface area (TPSA) is 20.2 Å². The standard InChI is InChI=1S/C16H32O/c1-15(2)12-13-16(3)11-9-7-5-4-6-8-10-14-17/h11,15,17H,4-10,12-14H2,1-3H3/b16-11+. The molecule has 0 unspecified atom stereocenters. The van der Waals surface area contributed by atoms with Crippen LogP contribution in [0.15, 0.2) is 11.6 Å². The summed E-state index contributed by atoms with van der Waals surface area (Å²) in [6.07, 6.45) is 13.7. The minimum Gasteiger partial charge on any atom is -0.396 e. The Morgan fingerprint density at radius 2 is 1.59 bits per heavy atom. The van der Waals surface area contributed by atoms with E-state index in [1.807, 2.05) is 0 Å². The van der Waals surface area contributed by atoms with Crippen LogP contribution in [0.3, 0.4) is 0 Å². The number of allylic oxidation sites excluding steroid dienone is 2. The molecule has 0 fully saturated rings. The Hall–Kier alpha value is -0.300. The molecule has 102 valence electrons. The predicted octanol–water partition coefficient (Wildman–Crippen LogP) is 5.09. The summed E-state index contributed by atoms with van der Waals surface area (Å²) in [5.74, 6) is 0.824. The van der Waals surface area contributed by atoms with Crippen molar-refractivity contribution < 1.29 is 5.11 Å². The maximum absolute atomic E-state index is 8.65. The van der Waals surface area contributed by atoms with Gasteiger partial charge in [-0.15, -0.1) is 0 Å². The van der Waals surface area contributed by atoms with E-state index in [9.17, 15) is 0 Å². The molecule has 0 amide bonds. The molecule has 0 aromatic rings. The van der Waals surface area contributed by atoms with Gasteiger partial charge < -0.3 is 5.11 Å². The van der Waals surface area contributed by atoms with Crippen LogP contribution in [0.2, 0.25) is 0 Å². The van der Waals surface area contributed by atoms with Gasteiger partial charge in [-0.2, -0.15) is 0 Å². The van der Waals surface area contributed by atoms with Crippen molar-refractivity contribution in [2.24, 2.45) is 5.92 Å². The summed E-state index contributed by atoms with van der Waals surface area (Å²) in [5.41, 5.74) is 1.57. The fraction of sp³-hybridized carbons (Fsp3) is 0.875. The summed E-state index contributed by atoms with van der Waals surface area (Å²) in [7, 11) is 0. The number of hydrogen-bond acceptors (Lipinski definition) is 1. The van der Waals surface area contributed by atoms with Crippen LogP contribution in [0.5, 0.6) is 0 Å². The highest BCUT2D eigenvalue weighted by atomic mass is 16.2. The number of hydrogen-bond donors (Lipinski definition) is 1. The highest BCUT2D eigenvalue weighted by Crippen LogP contribution is 2.13. The largest absolute Gasteiger partial charge is 0.396 e. The van der Waals surface area contributed by atoms with E-state index in [0.717, 1.165) is 12.3 Å². The van der Waals surface area contributed by atoms with Gasteiger partial charge in [-0.05, 0) is 44.9 Å². The fourth-order valence-corrected chi connectivity index (χ4v) is 1.93. The zero-order valence-corrected chi connectivity index (χ0v) is 12.2. The zero-order valence-electron chi connectivity index (χ0n) is 12.2. The first-order valence-electron chi connectivity index (χ1n) is 7.43. The number of aliphatic hydroxyl groups excluding tert-OH is 1. The smallest absolute Gasteiger partial charge is 0.0431 e. The SMILES string of the molecule is C/C(=C\CCCCCCCCO)CCC(C)C. The Bertz CT molecular complexity index is 182. The van der Waals surface area contributed by atoms with Gasteiger partial charge in [0.15, 0.2) is 0 Å². The van der Waals surface area contributed by atoms with Gasteiger partial charge in [-0.3, -0.25) is 0 Å². The minimum atomic E-state index is 0.359. The van der Waals surface area contributed by atoms with E-state index >= 15 is 0 Å². The van der Waals surface area contributed by atoms with E-state index in [1.165, 1.54) is 51.4 Å². The fourth-order valence-electron chi connectivity index (χ4n) is 1.93. The van der Waals surface area contributed by atoms with Gasteiger partial charge in [-0.25, -0.2) is 0 Å². The Labute approximate surface area is 108 Å². The molecule has 0 aliphatic heterocycles. The van der Waals surface area contributed by atoms with E-state index < -0.39 is 0 Å². The molecule has 1 heteroatoms. The second-order valence-corrected chi connectivity index (χ2v) is 5.62. The minimum absolute atomic E-state index is 0.359. The van der Waals surface area contributed by atoms with Gasteiger partial charge in [-0.1, -0.05) is 51.2 Å². The third-order valence-electron chi connectivity index (χ3n) is 3.22. The van der Waals surface area contributed by atoms with Crippen molar-refractivity contribution >= 4 is 0 Å². The highest BCUT2D eigenvalue weighted by molar-refractivity contribution is 4.97. The Kier molecular flexibility index (Phi) is 12.0. The maximum Gasteiger partial charge on any atom is 0.0431 e. The highest BCUT2D eigenvalue weighted by Gasteiger charge is 1.95. The van der Waals surface area contributed by atoms with Crippen LogP contribution in [-0.2, 0) is 0 Å². The van der Waals surface area contributed by atoms with Crippen molar-refractivity contribution in [2.45, 2.75) is 78.6 Å². The summed E-state index contributed by atoms with van der Waals surface area (Å²) in [4.78, 5) is 0. The normalized spacial score (nSPS) is 12.4. The molecule has 0 radical (unpaired) electrons. The Balaban J connectivity index is 3.27. The lowest BCUT2D eigenvalue weighted by molar-refractivity contribution is 0.282. The predicted molar refractivity (Wildman–Crippen MR) is 77.2 cm³/mol. The molecule has 0 saturated heterocycles. The van der Waals surface area contributed by atoms with Gasteiger partial charge in [0.2, 0.25) is 0 Å². The molecule has 0 bridgehead atoms. The van der Waals surface area contributed by atoms with Crippen LogP contribution in [0.4, 0.5) is 0 Å². The van der Waals surface area contributed by atoms with E-state index in [0.29, 0.717) is 6.61 Å². The van der Waals surface area contributed by atoms with E-state index in [4.69, 9.17) is 5.11 Å². The number of unbranched alkanes of at least 4 members (excludes halogenated alkanes) is 6. The van der Waals surface area contributed by atoms with Gasteiger partial charge in [0.05, 0.1) is 0 Å². The lowest BCUT2D eigenvalue weighted by Crippen LogP contribution is -1.88. The molecule has 1 nitrogen and oxygen atoms in total. The van der Waals surface area contributed by atoms with Crippen LogP contribution in [0, 0.1) is 5.92 Å². The first kappa shape index (κ1) is 16.7. The average Bonchev–Trinajstić information content (AvgIpc) is 2.30. The quantitative estimate of drug-likeness (QED) is 0.394. The summed E-state index contributed by atoms with van der Waals surface area (Å²) >= 11 is 0. The molecule has 0 rings (SSSR count). The number of aliphatic hydroxyl groups is 1. The van der Waals surface area contributed by atoms with Gasteiger partial charge >= 0.3 is 0 Å². The first-order valence-corrected chi connectivity index (χ1v) is 7.43. The molecule has 0 aromatic heterocycles. The molecular formula is C16H32O. The first-order chi connectivity index (χ1) is 8.16. The molecule has 0 aliphatic carbocycles. The Morgan fingerprint density at radius 1 is 1.00 bits per heavy atom. The molecule has 0 aliphatic rings. The van der Waals surface area contributed by atoms with Gasteiger partial charge in [0, 0.05) is 6.61 Å². The van der Waals surface area contributed by atoms with Crippen LogP contribution in [0.25, 0.3) is 0 Å². The lowest BCUT2D eigenvalue weighted by Gasteiger charge is -2.04. The van der Waals surface area contributed by atoms with E-state index in [1.54, 1.807) is 5.57 Å². The second kappa shape index (κ2) is 12.2. The van der Waals surface area contributed by atoms with Crippen molar-refractivity contribution in [1.29, 1.82) is 0 Å². The van der Waals surface area contributed by atoms with Gasteiger partial charge in [0.25, 0.3) is 0 Å². The molecule has 17 heavy (non-hydrogen) atoms. The second-order valence-electron chi connectivity index (χ2n) is 5.62. The van der Waals surface area contributed by atoms with Crippen molar-refractivity contribution in [3.63, 3.8) is 0 Å². The summed E-state index contributed by atoms with van der Waals surface area (Å²) in [5, 5.41) is 8.65. The summed E-state index contributed by atoms with van der Waals surface area (Å²) in [6.45, 7) is 7.21. The molecule has 0 aromatic carbocycles. The van der Waals surface area contributed by atoms with Crippen LogP contribution >= 0.6 is 0 Å². The van der Waals surface area contributed by atoms with Crippen LogP contribution in [-0.4, -0.2) is 11.7 Å². The van der Waals surface area contributed by atoms with Crippen molar-refractivity contribution in [3.8, 4) is 0 Å². The molecule has 0 spiro atoms. The third kappa shape index (κ3) is 13.6. The molecule has 1 N–H and O–H groups in total. The number of rotatable bonds is 11. The lowest BCUT2D eigenvalue weighted by atomic mass is 10.0. The molecule has 0 atom stereocenters.